The molecule has 2 heterocycles. The van der Waals surface area contributed by atoms with E-state index in [-0.39, 0.29) is 5.56 Å². The summed E-state index contributed by atoms with van der Waals surface area (Å²) in [4.78, 5) is 14.5. The summed E-state index contributed by atoms with van der Waals surface area (Å²) in [5, 5.41) is 10.1. The van der Waals surface area contributed by atoms with E-state index in [1.54, 1.807) is 18.3 Å². The Morgan fingerprint density at radius 2 is 1.81 bits per heavy atom. The van der Waals surface area contributed by atoms with Crippen LogP contribution in [0.25, 0.3) is 10.9 Å². The Bertz CT molecular complexity index is 704. The fourth-order valence-corrected chi connectivity index (χ4v) is 2.48. The minimum Gasteiger partial charge on any atom is -0.478 e. The fourth-order valence-electron chi connectivity index (χ4n) is 2.48. The van der Waals surface area contributed by atoms with Crippen molar-refractivity contribution in [3.8, 4) is 0 Å². The van der Waals surface area contributed by atoms with Gasteiger partial charge in [-0.2, -0.15) is 0 Å². The highest BCUT2D eigenvalue weighted by atomic mass is 16.7. The van der Waals surface area contributed by atoms with Gasteiger partial charge in [0, 0.05) is 17.1 Å². The van der Waals surface area contributed by atoms with Crippen molar-refractivity contribution in [1.29, 1.82) is 0 Å². The Kier molecular flexibility index (Phi) is 2.94. The molecule has 0 radical (unpaired) electrons. The van der Waals surface area contributed by atoms with Gasteiger partial charge in [0.05, 0.1) is 16.8 Å². The van der Waals surface area contributed by atoms with Crippen LogP contribution in [0.15, 0.2) is 24.4 Å². The van der Waals surface area contributed by atoms with Gasteiger partial charge in [-0.1, -0.05) is 0 Å². The number of hydrogen-bond donors (Lipinski definition) is 2. The van der Waals surface area contributed by atoms with E-state index >= 15 is 0 Å². The number of benzene rings is 1. The zero-order chi connectivity index (χ0) is 15.4. The van der Waals surface area contributed by atoms with Crippen LogP contribution in [0.1, 0.15) is 38.1 Å². The van der Waals surface area contributed by atoms with Crippen molar-refractivity contribution in [2.45, 2.75) is 38.9 Å². The van der Waals surface area contributed by atoms with Crippen molar-refractivity contribution in [3.63, 3.8) is 0 Å². The van der Waals surface area contributed by atoms with Crippen molar-refractivity contribution < 1.29 is 19.2 Å². The normalized spacial score (nSPS) is 20.1. The molecule has 0 aliphatic carbocycles. The molecule has 0 amide bonds. The van der Waals surface area contributed by atoms with Crippen LogP contribution in [0.5, 0.6) is 0 Å². The Morgan fingerprint density at radius 3 is 2.38 bits per heavy atom. The van der Waals surface area contributed by atoms with Crippen LogP contribution in [0, 0.1) is 0 Å². The molecule has 1 aliphatic heterocycles. The van der Waals surface area contributed by atoms with Gasteiger partial charge in [0.1, 0.15) is 0 Å². The second kappa shape index (κ2) is 4.35. The summed E-state index contributed by atoms with van der Waals surface area (Å²) in [7, 11) is -0.569. The van der Waals surface area contributed by atoms with Gasteiger partial charge in [0.2, 0.25) is 0 Å². The van der Waals surface area contributed by atoms with Crippen molar-refractivity contribution in [2.24, 2.45) is 0 Å². The Morgan fingerprint density at radius 1 is 1.19 bits per heavy atom. The molecule has 5 nitrogen and oxygen atoms in total. The molecule has 110 valence electrons. The molecule has 0 unspecified atom stereocenters. The minimum absolute atomic E-state index is 0.249. The molecule has 2 N–H and O–H groups in total. The molecule has 1 aromatic carbocycles. The molecule has 6 heteroatoms. The van der Waals surface area contributed by atoms with Gasteiger partial charge in [-0.05, 0) is 51.4 Å². The summed E-state index contributed by atoms with van der Waals surface area (Å²) in [6.45, 7) is 7.88. The fraction of sp³-hybridized carbons (Fsp3) is 0.400. The number of rotatable bonds is 2. The van der Waals surface area contributed by atoms with Crippen LogP contribution in [-0.2, 0) is 9.31 Å². The maximum absolute atomic E-state index is 11.4. The molecule has 1 saturated heterocycles. The average Bonchev–Trinajstić information content (AvgIpc) is 2.90. The van der Waals surface area contributed by atoms with E-state index < -0.39 is 24.3 Å². The molecule has 1 aliphatic rings. The largest absolute Gasteiger partial charge is 0.494 e. The molecule has 0 saturated carbocycles. The molecule has 0 atom stereocenters. The lowest BCUT2D eigenvalue weighted by Gasteiger charge is -2.32. The number of carboxylic acid groups (broad SMARTS) is 1. The lowest BCUT2D eigenvalue weighted by Crippen LogP contribution is -2.41. The van der Waals surface area contributed by atoms with Crippen LogP contribution < -0.4 is 5.46 Å². The average molecular weight is 287 g/mol. The predicted octanol–water partition coefficient (Wildman–Crippen LogP) is 2.17. The molecule has 3 rings (SSSR count). The third-order valence-electron chi connectivity index (χ3n) is 4.45. The topological polar surface area (TPSA) is 71.5 Å². The van der Waals surface area contributed by atoms with E-state index in [9.17, 15) is 9.90 Å². The summed E-state index contributed by atoms with van der Waals surface area (Å²) >= 11 is 0. The summed E-state index contributed by atoms with van der Waals surface area (Å²) < 4.78 is 12.0. The van der Waals surface area contributed by atoms with Crippen molar-refractivity contribution in [3.05, 3.63) is 30.0 Å². The quantitative estimate of drug-likeness (QED) is 0.830. The van der Waals surface area contributed by atoms with Gasteiger partial charge >= 0.3 is 13.1 Å². The van der Waals surface area contributed by atoms with Gasteiger partial charge in [0.15, 0.2) is 0 Å². The van der Waals surface area contributed by atoms with Crippen LogP contribution in [0.4, 0.5) is 0 Å². The maximum atomic E-state index is 11.4. The molecular formula is C15H18BNO4. The highest BCUT2D eigenvalue weighted by molar-refractivity contribution is 6.62. The Balaban J connectivity index is 2.08. The van der Waals surface area contributed by atoms with Crippen LogP contribution >= 0.6 is 0 Å². The lowest BCUT2D eigenvalue weighted by molar-refractivity contribution is 0.00578. The number of carbonyl (C=O) groups is 1. The lowest BCUT2D eigenvalue weighted by atomic mass is 9.78. The number of nitrogens with one attached hydrogen (secondary N) is 1. The predicted molar refractivity (Wildman–Crippen MR) is 81.0 cm³/mol. The van der Waals surface area contributed by atoms with E-state index in [2.05, 4.69) is 4.98 Å². The number of fused-ring (bicyclic) bond motifs is 1. The summed E-state index contributed by atoms with van der Waals surface area (Å²) in [6.07, 6.45) is 1.73. The SMILES string of the molecule is CC1(C)OB(c2cc(C(=O)O)c3cc[nH]c3c2)OC1(C)C. The second-order valence-corrected chi connectivity index (χ2v) is 6.40. The van der Waals surface area contributed by atoms with E-state index in [0.717, 1.165) is 5.52 Å². The number of aromatic nitrogens is 1. The second-order valence-electron chi connectivity index (χ2n) is 6.40. The summed E-state index contributed by atoms with van der Waals surface area (Å²) in [5.41, 5.74) is 0.816. The van der Waals surface area contributed by atoms with Crippen LogP contribution in [0.2, 0.25) is 0 Å². The number of hydrogen-bond acceptors (Lipinski definition) is 3. The first-order valence-electron chi connectivity index (χ1n) is 6.91. The molecule has 1 aromatic heterocycles. The minimum atomic E-state index is -0.960. The van der Waals surface area contributed by atoms with Gasteiger partial charge in [-0.15, -0.1) is 0 Å². The zero-order valence-corrected chi connectivity index (χ0v) is 12.6. The summed E-state index contributed by atoms with van der Waals surface area (Å²) in [6, 6.07) is 5.26. The molecule has 21 heavy (non-hydrogen) atoms. The van der Waals surface area contributed by atoms with Gasteiger partial charge in [-0.3, -0.25) is 0 Å². The molecule has 0 spiro atoms. The Labute approximate surface area is 123 Å². The standard InChI is InChI=1S/C15H18BNO4/c1-14(2)15(3,4)21-16(20-14)9-7-11(13(18)19)10-5-6-17-12(10)8-9/h5-8,17H,1-4H3,(H,18,19). The van der Waals surface area contributed by atoms with Crippen LogP contribution in [0.3, 0.4) is 0 Å². The Hall–Kier alpha value is -1.79. The molecular weight excluding hydrogens is 269 g/mol. The zero-order valence-electron chi connectivity index (χ0n) is 12.6. The van der Waals surface area contributed by atoms with Gasteiger partial charge < -0.3 is 19.4 Å². The third-order valence-corrected chi connectivity index (χ3v) is 4.45. The van der Waals surface area contributed by atoms with E-state index in [1.807, 2.05) is 33.8 Å². The monoisotopic (exact) mass is 287 g/mol. The number of aromatic carboxylic acids is 1. The highest BCUT2D eigenvalue weighted by Gasteiger charge is 2.51. The number of H-pyrrole nitrogens is 1. The van der Waals surface area contributed by atoms with E-state index in [0.29, 0.717) is 10.8 Å². The van der Waals surface area contributed by atoms with Crippen LogP contribution in [-0.4, -0.2) is 34.4 Å². The molecule has 0 bridgehead atoms. The maximum Gasteiger partial charge on any atom is 0.494 e. The van der Waals surface area contributed by atoms with E-state index in [4.69, 9.17) is 9.31 Å². The smallest absolute Gasteiger partial charge is 0.478 e. The first-order valence-corrected chi connectivity index (χ1v) is 6.91. The summed E-state index contributed by atoms with van der Waals surface area (Å²) in [5.74, 6) is -0.960. The first kappa shape index (κ1) is 14.2. The highest BCUT2D eigenvalue weighted by Crippen LogP contribution is 2.36. The molecule has 2 aromatic rings. The van der Waals surface area contributed by atoms with Gasteiger partial charge in [-0.25, -0.2) is 4.79 Å². The first-order chi connectivity index (χ1) is 9.71. The van der Waals surface area contributed by atoms with Crippen molar-refractivity contribution in [1.82, 2.24) is 4.98 Å². The molecule has 1 fully saturated rings. The van der Waals surface area contributed by atoms with Gasteiger partial charge in [0.25, 0.3) is 0 Å². The number of aromatic amines is 1. The third kappa shape index (κ3) is 2.15. The van der Waals surface area contributed by atoms with Crippen molar-refractivity contribution >= 4 is 29.5 Å². The van der Waals surface area contributed by atoms with Crippen molar-refractivity contribution in [2.75, 3.05) is 0 Å². The number of carboxylic acids is 1. The van der Waals surface area contributed by atoms with E-state index in [1.165, 1.54) is 0 Å².